The minimum Gasteiger partial charge on any atom is -0.348 e. The van der Waals surface area contributed by atoms with E-state index in [1.165, 1.54) is 10.5 Å². The first-order valence-electron chi connectivity index (χ1n) is 9.82. The van der Waals surface area contributed by atoms with Crippen molar-refractivity contribution in [1.82, 2.24) is 30.1 Å². The highest BCUT2D eigenvalue weighted by molar-refractivity contribution is 7.98. The number of amides is 1. The Hall–Kier alpha value is -1.90. The van der Waals surface area contributed by atoms with Gasteiger partial charge in [0.15, 0.2) is 5.69 Å². The highest BCUT2D eigenvalue weighted by Crippen LogP contribution is 2.16. The lowest BCUT2D eigenvalue weighted by Gasteiger charge is -2.34. The highest BCUT2D eigenvalue weighted by Gasteiger charge is 2.17. The van der Waals surface area contributed by atoms with Gasteiger partial charge in [-0.2, -0.15) is 0 Å². The summed E-state index contributed by atoms with van der Waals surface area (Å²) < 4.78 is 1.76. The third-order valence-corrected chi connectivity index (χ3v) is 5.61. The number of nitrogens with zero attached hydrogens (tertiary/aromatic N) is 5. The van der Waals surface area contributed by atoms with E-state index in [1.807, 2.05) is 13.8 Å². The molecule has 1 N–H and O–H groups in total. The van der Waals surface area contributed by atoms with E-state index in [1.54, 1.807) is 22.6 Å². The molecule has 7 nitrogen and oxygen atoms in total. The molecule has 0 saturated carbocycles. The van der Waals surface area contributed by atoms with Gasteiger partial charge in [-0.15, -0.1) is 16.9 Å². The molecule has 0 bridgehead atoms. The normalized spacial score (nSPS) is 15.9. The van der Waals surface area contributed by atoms with Crippen molar-refractivity contribution in [2.75, 3.05) is 39.0 Å². The van der Waals surface area contributed by atoms with Crippen LogP contribution in [0.15, 0.2) is 35.4 Å². The average molecular weight is 403 g/mol. The topological polar surface area (TPSA) is 66.3 Å². The molecule has 1 aliphatic rings. The molecule has 0 aliphatic carbocycles. The molecule has 1 amide bonds. The second-order valence-electron chi connectivity index (χ2n) is 7.46. The van der Waals surface area contributed by atoms with E-state index >= 15 is 0 Å². The van der Waals surface area contributed by atoms with Crippen molar-refractivity contribution in [3.63, 3.8) is 0 Å². The van der Waals surface area contributed by atoms with Gasteiger partial charge in [0, 0.05) is 50.2 Å². The second-order valence-corrected chi connectivity index (χ2v) is 8.34. The van der Waals surface area contributed by atoms with Crippen molar-refractivity contribution < 1.29 is 4.79 Å². The molecule has 2 heterocycles. The predicted octanol–water partition coefficient (Wildman–Crippen LogP) is 1.96. The summed E-state index contributed by atoms with van der Waals surface area (Å²) >= 11 is 1.78. The molecule has 1 saturated heterocycles. The molecule has 1 aromatic carbocycles. The first-order valence-corrected chi connectivity index (χ1v) is 11.0. The number of nitrogens with one attached hydrogen (secondary N) is 1. The van der Waals surface area contributed by atoms with Gasteiger partial charge in [-0.05, 0) is 37.8 Å². The lowest BCUT2D eigenvalue weighted by atomic mass is 10.2. The maximum atomic E-state index is 12.0. The molecule has 0 unspecified atom stereocenters. The predicted molar refractivity (Wildman–Crippen MR) is 113 cm³/mol. The Balaban J connectivity index is 1.39. The van der Waals surface area contributed by atoms with Crippen LogP contribution in [0.1, 0.15) is 29.9 Å². The van der Waals surface area contributed by atoms with Gasteiger partial charge in [-0.1, -0.05) is 17.3 Å². The molecular formula is C20H30N6OS. The number of carbonyl (C=O) groups excluding carboxylic acids is 1. The molecule has 152 valence electrons. The van der Waals surface area contributed by atoms with E-state index < -0.39 is 0 Å². The number of carbonyl (C=O) groups is 1. The lowest BCUT2D eigenvalue weighted by molar-refractivity contribution is 0.0938. The summed E-state index contributed by atoms with van der Waals surface area (Å²) in [6, 6.07) is 8.96. The quantitative estimate of drug-likeness (QED) is 0.681. The number of aromatic nitrogens is 3. The highest BCUT2D eigenvalue weighted by atomic mass is 32.2. The van der Waals surface area contributed by atoms with Crippen LogP contribution in [0.25, 0.3) is 0 Å². The summed E-state index contributed by atoms with van der Waals surface area (Å²) in [5.41, 5.74) is 1.76. The SMILES string of the molecule is CSc1ccc(CN2CCN(CCn3cc(C(=O)NC(C)C)nn3)CC2)cc1. The van der Waals surface area contributed by atoms with Gasteiger partial charge in [0.2, 0.25) is 0 Å². The van der Waals surface area contributed by atoms with Gasteiger partial charge < -0.3 is 5.32 Å². The van der Waals surface area contributed by atoms with Crippen LogP contribution in [0.3, 0.4) is 0 Å². The Bertz CT molecular complexity index is 752. The second kappa shape index (κ2) is 10.0. The molecule has 1 fully saturated rings. The van der Waals surface area contributed by atoms with Crippen LogP contribution in [0, 0.1) is 0 Å². The van der Waals surface area contributed by atoms with E-state index in [0.29, 0.717) is 5.69 Å². The summed E-state index contributed by atoms with van der Waals surface area (Å²) in [6.07, 6.45) is 3.83. The number of hydrogen-bond acceptors (Lipinski definition) is 6. The van der Waals surface area contributed by atoms with E-state index in [4.69, 9.17) is 0 Å². The number of hydrogen-bond donors (Lipinski definition) is 1. The third-order valence-electron chi connectivity index (χ3n) is 4.87. The van der Waals surface area contributed by atoms with Gasteiger partial charge in [0.1, 0.15) is 0 Å². The molecule has 2 aromatic rings. The van der Waals surface area contributed by atoms with Crippen molar-refractivity contribution in [2.45, 2.75) is 37.9 Å². The summed E-state index contributed by atoms with van der Waals surface area (Å²) in [6.45, 7) is 10.8. The summed E-state index contributed by atoms with van der Waals surface area (Å²) in [5.74, 6) is -0.166. The van der Waals surface area contributed by atoms with Crippen molar-refractivity contribution in [3.8, 4) is 0 Å². The Morgan fingerprint density at radius 2 is 1.79 bits per heavy atom. The van der Waals surface area contributed by atoms with Gasteiger partial charge in [0.25, 0.3) is 5.91 Å². The first-order chi connectivity index (χ1) is 13.5. The average Bonchev–Trinajstić information content (AvgIpc) is 3.17. The zero-order chi connectivity index (χ0) is 19.9. The molecule has 28 heavy (non-hydrogen) atoms. The number of rotatable bonds is 8. The fraction of sp³-hybridized carbons (Fsp3) is 0.550. The van der Waals surface area contributed by atoms with Gasteiger partial charge in [0.05, 0.1) is 12.7 Å². The van der Waals surface area contributed by atoms with E-state index in [-0.39, 0.29) is 11.9 Å². The van der Waals surface area contributed by atoms with Crippen molar-refractivity contribution in [3.05, 3.63) is 41.7 Å². The van der Waals surface area contributed by atoms with Gasteiger partial charge in [-0.25, -0.2) is 0 Å². The third kappa shape index (κ3) is 6.05. The summed E-state index contributed by atoms with van der Waals surface area (Å²) in [4.78, 5) is 18.2. The van der Waals surface area contributed by atoms with Crippen molar-refractivity contribution in [1.29, 1.82) is 0 Å². The van der Waals surface area contributed by atoms with Crippen LogP contribution in [-0.2, 0) is 13.1 Å². The molecule has 1 aliphatic heterocycles. The monoisotopic (exact) mass is 402 g/mol. The zero-order valence-corrected chi connectivity index (χ0v) is 17.8. The first kappa shape index (κ1) is 20.8. The summed E-state index contributed by atoms with van der Waals surface area (Å²) in [7, 11) is 0. The van der Waals surface area contributed by atoms with Crippen LogP contribution >= 0.6 is 11.8 Å². The lowest BCUT2D eigenvalue weighted by Crippen LogP contribution is -2.46. The number of thioether (sulfide) groups is 1. The van der Waals surface area contributed by atoms with Crippen molar-refractivity contribution in [2.24, 2.45) is 0 Å². The Labute approximate surface area is 171 Å². The van der Waals surface area contributed by atoms with Crippen LogP contribution < -0.4 is 5.32 Å². The zero-order valence-electron chi connectivity index (χ0n) is 17.0. The Kier molecular flexibility index (Phi) is 7.47. The molecule has 3 rings (SSSR count). The fourth-order valence-corrected chi connectivity index (χ4v) is 3.66. The van der Waals surface area contributed by atoms with Gasteiger partial charge >= 0.3 is 0 Å². The van der Waals surface area contributed by atoms with Crippen LogP contribution in [0.2, 0.25) is 0 Å². The van der Waals surface area contributed by atoms with Gasteiger partial charge in [-0.3, -0.25) is 19.3 Å². The van der Waals surface area contributed by atoms with Crippen LogP contribution in [0.5, 0.6) is 0 Å². The number of piperazine rings is 1. The van der Waals surface area contributed by atoms with E-state index in [2.05, 4.69) is 55.9 Å². The standard InChI is InChI=1S/C20H30N6OS/c1-16(2)21-20(27)19-15-26(23-22-19)13-12-24-8-10-25(11-9-24)14-17-4-6-18(28-3)7-5-17/h4-7,15-16H,8-14H2,1-3H3,(H,21,27). The largest absolute Gasteiger partial charge is 0.348 e. The van der Waals surface area contributed by atoms with Crippen LogP contribution in [0.4, 0.5) is 0 Å². The molecular weight excluding hydrogens is 372 g/mol. The maximum Gasteiger partial charge on any atom is 0.273 e. The Morgan fingerprint density at radius 1 is 1.11 bits per heavy atom. The molecule has 8 heteroatoms. The Morgan fingerprint density at radius 3 is 2.43 bits per heavy atom. The van der Waals surface area contributed by atoms with Crippen LogP contribution in [-0.4, -0.2) is 75.7 Å². The minimum atomic E-state index is -0.166. The maximum absolute atomic E-state index is 12.0. The molecule has 0 radical (unpaired) electrons. The molecule has 1 aromatic heterocycles. The minimum absolute atomic E-state index is 0.0948. The van der Waals surface area contributed by atoms with Crippen molar-refractivity contribution >= 4 is 17.7 Å². The fourth-order valence-electron chi connectivity index (χ4n) is 3.25. The van der Waals surface area contributed by atoms with E-state index in [9.17, 15) is 4.79 Å². The smallest absolute Gasteiger partial charge is 0.273 e. The molecule has 0 atom stereocenters. The number of benzene rings is 1. The van der Waals surface area contributed by atoms with E-state index in [0.717, 1.165) is 45.8 Å². The summed E-state index contributed by atoms with van der Waals surface area (Å²) in [5, 5.41) is 10.9. The molecule has 0 spiro atoms.